The van der Waals surface area contributed by atoms with Crippen LogP contribution in [0.15, 0.2) is 0 Å². The molecule has 0 fully saturated rings. The first-order valence-corrected chi connectivity index (χ1v) is 6.83. The van der Waals surface area contributed by atoms with Gasteiger partial charge >= 0.3 is 0 Å². The number of hydrogen-bond donors (Lipinski definition) is 0. The lowest BCUT2D eigenvalue weighted by molar-refractivity contribution is -0.0408. The van der Waals surface area contributed by atoms with E-state index in [2.05, 4.69) is 13.5 Å². The standard InChI is InChI=1S/C8H20O2Si/c1-5-6-7-11(4)10-8(2)9-3/h8,11H,5-7H2,1-4H3. The van der Waals surface area contributed by atoms with Gasteiger partial charge in [-0.2, -0.15) is 0 Å². The Morgan fingerprint density at radius 3 is 2.55 bits per heavy atom. The van der Waals surface area contributed by atoms with Gasteiger partial charge in [-0.05, 0) is 19.5 Å². The van der Waals surface area contributed by atoms with Crippen LogP contribution in [0.4, 0.5) is 0 Å². The van der Waals surface area contributed by atoms with E-state index in [1.807, 2.05) is 6.92 Å². The number of unbranched alkanes of at least 4 members (excludes halogenated alkanes) is 1. The summed E-state index contributed by atoms with van der Waals surface area (Å²) in [7, 11) is 0.766. The largest absolute Gasteiger partial charge is 0.396 e. The van der Waals surface area contributed by atoms with E-state index in [-0.39, 0.29) is 6.29 Å². The predicted molar refractivity (Wildman–Crippen MR) is 50.3 cm³/mol. The van der Waals surface area contributed by atoms with Crippen LogP contribution in [0.25, 0.3) is 0 Å². The summed E-state index contributed by atoms with van der Waals surface area (Å²) < 4.78 is 10.6. The molecule has 0 spiro atoms. The summed E-state index contributed by atoms with van der Waals surface area (Å²) in [5, 5.41) is 0. The normalized spacial score (nSPS) is 16.4. The van der Waals surface area contributed by atoms with Gasteiger partial charge in [0.05, 0.1) is 0 Å². The molecule has 3 heteroatoms. The topological polar surface area (TPSA) is 18.5 Å². The number of rotatable bonds is 6. The molecule has 68 valence electrons. The fourth-order valence-corrected chi connectivity index (χ4v) is 2.83. The molecule has 0 saturated carbocycles. The van der Waals surface area contributed by atoms with Crippen LogP contribution < -0.4 is 0 Å². The maximum Gasteiger partial charge on any atom is 0.177 e. The monoisotopic (exact) mass is 176 g/mol. The molecular formula is C8H20O2Si. The molecule has 0 N–H and O–H groups in total. The van der Waals surface area contributed by atoms with E-state index in [0.717, 1.165) is 0 Å². The van der Waals surface area contributed by atoms with Gasteiger partial charge in [0.25, 0.3) is 0 Å². The average Bonchev–Trinajstić information content (AvgIpc) is 2.00. The predicted octanol–water partition coefficient (Wildman–Crippen LogP) is 2.15. The van der Waals surface area contributed by atoms with Crippen LogP contribution in [-0.4, -0.2) is 22.4 Å². The molecule has 2 unspecified atom stereocenters. The van der Waals surface area contributed by atoms with Gasteiger partial charge < -0.3 is 9.16 Å². The summed E-state index contributed by atoms with van der Waals surface area (Å²) >= 11 is 0. The van der Waals surface area contributed by atoms with Crippen LogP contribution in [-0.2, 0) is 9.16 Å². The van der Waals surface area contributed by atoms with E-state index in [4.69, 9.17) is 9.16 Å². The van der Waals surface area contributed by atoms with Crippen LogP contribution in [0, 0.1) is 0 Å². The van der Waals surface area contributed by atoms with Gasteiger partial charge in [0, 0.05) is 7.11 Å². The zero-order valence-electron chi connectivity index (χ0n) is 8.09. The van der Waals surface area contributed by atoms with E-state index in [9.17, 15) is 0 Å². The van der Waals surface area contributed by atoms with Crippen molar-refractivity contribution >= 4 is 9.04 Å². The molecule has 0 aromatic heterocycles. The Balaban J connectivity index is 3.27. The van der Waals surface area contributed by atoms with Crippen LogP contribution in [0.3, 0.4) is 0 Å². The molecule has 0 radical (unpaired) electrons. The highest BCUT2D eigenvalue weighted by molar-refractivity contribution is 6.50. The van der Waals surface area contributed by atoms with Crippen LogP contribution >= 0.6 is 0 Å². The Morgan fingerprint density at radius 1 is 1.45 bits per heavy atom. The first-order chi connectivity index (χ1) is 5.20. The first-order valence-electron chi connectivity index (χ1n) is 4.39. The molecule has 2 nitrogen and oxygen atoms in total. The summed E-state index contributed by atoms with van der Waals surface area (Å²) in [6.45, 7) is 6.39. The summed E-state index contributed by atoms with van der Waals surface area (Å²) in [5.41, 5.74) is 0. The van der Waals surface area contributed by atoms with Gasteiger partial charge in [0.1, 0.15) is 6.29 Å². The van der Waals surface area contributed by atoms with Gasteiger partial charge in [0.15, 0.2) is 9.04 Å². The van der Waals surface area contributed by atoms with Crippen LogP contribution in [0.1, 0.15) is 26.7 Å². The summed E-state index contributed by atoms with van der Waals surface area (Å²) in [6.07, 6.45) is 2.56. The third kappa shape index (κ3) is 6.53. The van der Waals surface area contributed by atoms with Gasteiger partial charge in [-0.25, -0.2) is 0 Å². The minimum Gasteiger partial charge on any atom is -0.396 e. The highest BCUT2D eigenvalue weighted by Gasteiger charge is 2.07. The minimum absolute atomic E-state index is 0.00600. The molecule has 0 heterocycles. The molecule has 0 aromatic carbocycles. The third-order valence-electron chi connectivity index (χ3n) is 1.72. The van der Waals surface area contributed by atoms with Crippen molar-refractivity contribution in [2.24, 2.45) is 0 Å². The van der Waals surface area contributed by atoms with E-state index in [0.29, 0.717) is 0 Å². The molecule has 0 aromatic rings. The summed E-state index contributed by atoms with van der Waals surface area (Å²) in [4.78, 5) is 0. The molecule has 11 heavy (non-hydrogen) atoms. The Kier molecular flexibility index (Phi) is 6.91. The van der Waals surface area contributed by atoms with Crippen molar-refractivity contribution in [1.82, 2.24) is 0 Å². The fourth-order valence-electron chi connectivity index (χ4n) is 0.942. The third-order valence-corrected chi connectivity index (χ3v) is 3.79. The van der Waals surface area contributed by atoms with Crippen LogP contribution in [0.5, 0.6) is 0 Å². The molecule has 0 aliphatic carbocycles. The van der Waals surface area contributed by atoms with Crippen molar-refractivity contribution in [1.29, 1.82) is 0 Å². The Labute approximate surface area is 71.6 Å². The smallest absolute Gasteiger partial charge is 0.177 e. The van der Waals surface area contributed by atoms with Gasteiger partial charge in [-0.1, -0.05) is 19.8 Å². The number of ether oxygens (including phenoxy) is 1. The van der Waals surface area contributed by atoms with Crippen molar-refractivity contribution in [3.63, 3.8) is 0 Å². The zero-order valence-corrected chi connectivity index (χ0v) is 9.25. The lowest BCUT2D eigenvalue weighted by atomic mass is 10.4. The molecule has 0 bridgehead atoms. The maximum absolute atomic E-state index is 5.62. The highest BCUT2D eigenvalue weighted by atomic mass is 28.3. The van der Waals surface area contributed by atoms with Crippen molar-refractivity contribution < 1.29 is 9.16 Å². The first kappa shape index (κ1) is 11.1. The molecule has 0 amide bonds. The Bertz CT molecular complexity index is 88.2. The average molecular weight is 176 g/mol. The quantitative estimate of drug-likeness (QED) is 0.456. The molecule has 0 aliphatic rings. The molecule has 2 atom stereocenters. The van der Waals surface area contributed by atoms with E-state index < -0.39 is 9.04 Å². The molecule has 0 saturated heterocycles. The fraction of sp³-hybridized carbons (Fsp3) is 1.00. The minimum atomic E-state index is -0.920. The summed E-state index contributed by atoms with van der Waals surface area (Å²) in [5.74, 6) is 0. The van der Waals surface area contributed by atoms with Gasteiger partial charge in [-0.3, -0.25) is 0 Å². The second-order valence-corrected chi connectivity index (χ2v) is 5.36. The Morgan fingerprint density at radius 2 is 2.09 bits per heavy atom. The van der Waals surface area contributed by atoms with Crippen molar-refractivity contribution in [3.05, 3.63) is 0 Å². The Hall–Kier alpha value is 0.137. The lowest BCUT2D eigenvalue weighted by Gasteiger charge is -2.16. The second-order valence-electron chi connectivity index (χ2n) is 2.89. The second kappa shape index (κ2) is 6.82. The van der Waals surface area contributed by atoms with Gasteiger partial charge in [0.2, 0.25) is 0 Å². The molecule has 0 rings (SSSR count). The van der Waals surface area contributed by atoms with E-state index in [1.165, 1.54) is 18.9 Å². The van der Waals surface area contributed by atoms with Crippen molar-refractivity contribution in [2.45, 2.75) is 45.6 Å². The van der Waals surface area contributed by atoms with Crippen LogP contribution in [0.2, 0.25) is 12.6 Å². The highest BCUT2D eigenvalue weighted by Crippen LogP contribution is 2.04. The maximum atomic E-state index is 5.62. The van der Waals surface area contributed by atoms with Crippen molar-refractivity contribution in [3.8, 4) is 0 Å². The van der Waals surface area contributed by atoms with Crippen molar-refractivity contribution in [2.75, 3.05) is 7.11 Å². The lowest BCUT2D eigenvalue weighted by Crippen LogP contribution is -2.21. The summed E-state index contributed by atoms with van der Waals surface area (Å²) in [6, 6.07) is 1.27. The molecule has 0 aliphatic heterocycles. The molecular weight excluding hydrogens is 156 g/mol. The van der Waals surface area contributed by atoms with E-state index >= 15 is 0 Å². The zero-order chi connectivity index (χ0) is 8.69. The van der Waals surface area contributed by atoms with Gasteiger partial charge in [-0.15, -0.1) is 0 Å². The number of methoxy groups -OCH3 is 1. The number of hydrogen-bond acceptors (Lipinski definition) is 2. The SMILES string of the molecule is CCCC[SiH](C)OC(C)OC. The van der Waals surface area contributed by atoms with E-state index in [1.54, 1.807) is 7.11 Å².